The largest absolute Gasteiger partial charge is 0.478 e. The van der Waals surface area contributed by atoms with Crippen LogP contribution in [0.3, 0.4) is 0 Å². The maximum Gasteiger partial charge on any atom is 0.337 e. The average molecular weight is 298 g/mol. The van der Waals surface area contributed by atoms with Crippen molar-refractivity contribution in [2.75, 3.05) is 16.8 Å². The molecular weight excluding hydrogens is 280 g/mol. The molecule has 7 heteroatoms. The summed E-state index contributed by atoms with van der Waals surface area (Å²) in [5.74, 6) is 0.892. The zero-order valence-electron chi connectivity index (χ0n) is 11.5. The minimum atomic E-state index is -1.10. The highest BCUT2D eigenvalue weighted by molar-refractivity contribution is 7.99. The fourth-order valence-electron chi connectivity index (χ4n) is 1.69. The Morgan fingerprint density at radius 1 is 1.55 bits per heavy atom. The maximum atomic E-state index is 11.1. The number of thioether (sulfide) groups is 1. The second kappa shape index (κ2) is 7.74. The molecular formula is C13H18N2O4S. The zero-order chi connectivity index (χ0) is 15.1. The van der Waals surface area contributed by atoms with Gasteiger partial charge in [-0.1, -0.05) is 6.92 Å². The van der Waals surface area contributed by atoms with E-state index in [1.165, 1.54) is 18.2 Å². The van der Waals surface area contributed by atoms with Crippen LogP contribution in [-0.4, -0.2) is 33.5 Å². The fourth-order valence-corrected chi connectivity index (χ4v) is 2.50. The standard InChI is InChI=1S/C13H18N2O4S/c1-3-20-7-6-9(2)14-12-8-10(15(18)19)4-5-11(12)13(16)17/h4-5,8-9,14H,3,6-7H2,1-2H3,(H,16,17). The number of carboxylic acids is 1. The third-order valence-corrected chi connectivity index (χ3v) is 3.68. The molecule has 20 heavy (non-hydrogen) atoms. The summed E-state index contributed by atoms with van der Waals surface area (Å²) in [6.45, 7) is 4.01. The zero-order valence-corrected chi connectivity index (χ0v) is 12.3. The van der Waals surface area contributed by atoms with Gasteiger partial charge in [0.15, 0.2) is 0 Å². The monoisotopic (exact) mass is 298 g/mol. The number of nitrogens with zero attached hydrogens (tertiary/aromatic N) is 1. The molecule has 0 aliphatic carbocycles. The van der Waals surface area contributed by atoms with Gasteiger partial charge in [-0.25, -0.2) is 4.79 Å². The lowest BCUT2D eigenvalue weighted by Crippen LogP contribution is -2.18. The molecule has 0 spiro atoms. The number of anilines is 1. The predicted molar refractivity (Wildman–Crippen MR) is 80.8 cm³/mol. The number of benzene rings is 1. The Morgan fingerprint density at radius 2 is 2.25 bits per heavy atom. The summed E-state index contributed by atoms with van der Waals surface area (Å²) in [6.07, 6.45) is 0.861. The van der Waals surface area contributed by atoms with Crippen molar-refractivity contribution in [1.29, 1.82) is 0 Å². The molecule has 0 aliphatic rings. The molecule has 0 bridgehead atoms. The maximum absolute atomic E-state index is 11.1. The lowest BCUT2D eigenvalue weighted by molar-refractivity contribution is -0.384. The van der Waals surface area contributed by atoms with Crippen molar-refractivity contribution >= 4 is 29.1 Å². The highest BCUT2D eigenvalue weighted by Crippen LogP contribution is 2.24. The summed E-state index contributed by atoms with van der Waals surface area (Å²) < 4.78 is 0. The van der Waals surface area contributed by atoms with Gasteiger partial charge in [-0.05, 0) is 30.9 Å². The Labute approximate surface area is 121 Å². The van der Waals surface area contributed by atoms with E-state index in [0.717, 1.165) is 17.9 Å². The Hall–Kier alpha value is -1.76. The molecule has 0 saturated carbocycles. The molecule has 0 amide bonds. The van der Waals surface area contributed by atoms with Crippen LogP contribution in [0.1, 0.15) is 30.6 Å². The van der Waals surface area contributed by atoms with Crippen molar-refractivity contribution < 1.29 is 14.8 Å². The number of rotatable bonds is 8. The lowest BCUT2D eigenvalue weighted by atomic mass is 10.1. The van der Waals surface area contributed by atoms with Crippen molar-refractivity contribution in [3.8, 4) is 0 Å². The highest BCUT2D eigenvalue weighted by atomic mass is 32.2. The number of carbonyl (C=O) groups is 1. The summed E-state index contributed by atoms with van der Waals surface area (Å²) >= 11 is 1.80. The second-order valence-corrected chi connectivity index (χ2v) is 5.72. The Morgan fingerprint density at radius 3 is 2.80 bits per heavy atom. The van der Waals surface area contributed by atoms with Crippen LogP contribution < -0.4 is 5.32 Å². The summed E-state index contributed by atoms with van der Waals surface area (Å²) in [7, 11) is 0. The van der Waals surface area contributed by atoms with Gasteiger partial charge in [-0.3, -0.25) is 10.1 Å². The second-order valence-electron chi connectivity index (χ2n) is 4.32. The van der Waals surface area contributed by atoms with Gasteiger partial charge in [-0.15, -0.1) is 0 Å². The SMILES string of the molecule is CCSCCC(C)Nc1cc([N+](=O)[O-])ccc1C(=O)O. The number of nitro groups is 1. The Balaban J connectivity index is 2.87. The van der Waals surface area contributed by atoms with E-state index in [9.17, 15) is 14.9 Å². The van der Waals surface area contributed by atoms with Crippen molar-refractivity contribution in [2.45, 2.75) is 26.3 Å². The van der Waals surface area contributed by atoms with Gasteiger partial charge in [0.25, 0.3) is 5.69 Å². The number of non-ortho nitro benzene ring substituents is 1. The summed E-state index contributed by atoms with van der Waals surface area (Å²) in [6, 6.07) is 3.78. The molecule has 2 N–H and O–H groups in total. The lowest BCUT2D eigenvalue weighted by Gasteiger charge is -2.16. The Bertz CT molecular complexity index is 493. The molecule has 1 aromatic rings. The number of hydrogen-bond acceptors (Lipinski definition) is 5. The van der Waals surface area contributed by atoms with Crippen LogP contribution in [0, 0.1) is 10.1 Å². The molecule has 1 aromatic carbocycles. The van der Waals surface area contributed by atoms with Crippen molar-refractivity contribution in [1.82, 2.24) is 0 Å². The van der Waals surface area contributed by atoms with Crippen molar-refractivity contribution in [2.24, 2.45) is 0 Å². The minimum absolute atomic E-state index is 0.0468. The third kappa shape index (κ3) is 4.73. The molecule has 0 aromatic heterocycles. The van der Waals surface area contributed by atoms with E-state index in [4.69, 9.17) is 5.11 Å². The van der Waals surface area contributed by atoms with E-state index >= 15 is 0 Å². The molecule has 0 heterocycles. The van der Waals surface area contributed by atoms with Crippen LogP contribution in [0.2, 0.25) is 0 Å². The van der Waals surface area contributed by atoms with E-state index in [2.05, 4.69) is 12.2 Å². The van der Waals surface area contributed by atoms with Gasteiger partial charge < -0.3 is 10.4 Å². The van der Waals surface area contributed by atoms with E-state index in [1.807, 2.05) is 6.92 Å². The van der Waals surface area contributed by atoms with Crippen molar-refractivity contribution in [3.63, 3.8) is 0 Å². The topological polar surface area (TPSA) is 92.5 Å². The van der Waals surface area contributed by atoms with E-state index in [0.29, 0.717) is 5.69 Å². The van der Waals surface area contributed by atoms with Gasteiger partial charge in [-0.2, -0.15) is 11.8 Å². The van der Waals surface area contributed by atoms with Gasteiger partial charge in [0.2, 0.25) is 0 Å². The molecule has 0 aliphatic heterocycles. The summed E-state index contributed by atoms with van der Waals surface area (Å²) in [5, 5.41) is 22.9. The van der Waals surface area contributed by atoms with Crippen LogP contribution in [0.25, 0.3) is 0 Å². The molecule has 0 saturated heterocycles. The third-order valence-electron chi connectivity index (χ3n) is 2.75. The number of nitro benzene ring substituents is 1. The molecule has 1 rings (SSSR count). The van der Waals surface area contributed by atoms with Crippen molar-refractivity contribution in [3.05, 3.63) is 33.9 Å². The fraction of sp³-hybridized carbons (Fsp3) is 0.462. The number of hydrogen-bond donors (Lipinski definition) is 2. The van der Waals surface area contributed by atoms with E-state index in [-0.39, 0.29) is 17.3 Å². The van der Waals surface area contributed by atoms with Gasteiger partial charge >= 0.3 is 5.97 Å². The quantitative estimate of drug-likeness (QED) is 0.435. The summed E-state index contributed by atoms with van der Waals surface area (Å²) in [4.78, 5) is 21.4. The molecule has 1 unspecified atom stereocenters. The number of nitrogens with one attached hydrogen (secondary N) is 1. The highest BCUT2D eigenvalue weighted by Gasteiger charge is 2.16. The normalized spacial score (nSPS) is 11.9. The predicted octanol–water partition coefficient (Wildman–Crippen LogP) is 3.24. The van der Waals surface area contributed by atoms with Gasteiger partial charge in [0.05, 0.1) is 16.2 Å². The first kappa shape index (κ1) is 16.3. The smallest absolute Gasteiger partial charge is 0.337 e. The molecule has 0 fully saturated rings. The molecule has 6 nitrogen and oxygen atoms in total. The Kier molecular flexibility index (Phi) is 6.30. The first-order chi connectivity index (χ1) is 9.45. The van der Waals surface area contributed by atoms with Gasteiger partial charge in [0, 0.05) is 18.2 Å². The van der Waals surface area contributed by atoms with Gasteiger partial charge in [0.1, 0.15) is 0 Å². The van der Waals surface area contributed by atoms with Crippen LogP contribution in [0.15, 0.2) is 18.2 Å². The summed E-state index contributed by atoms with van der Waals surface area (Å²) in [5.41, 5.74) is 0.221. The van der Waals surface area contributed by atoms with Crippen LogP contribution >= 0.6 is 11.8 Å². The minimum Gasteiger partial charge on any atom is -0.478 e. The van der Waals surface area contributed by atoms with Crippen LogP contribution in [-0.2, 0) is 0 Å². The van der Waals surface area contributed by atoms with Crippen LogP contribution in [0.5, 0.6) is 0 Å². The first-order valence-electron chi connectivity index (χ1n) is 6.31. The number of aromatic carboxylic acids is 1. The molecule has 110 valence electrons. The molecule has 1 atom stereocenters. The number of carboxylic acid groups (broad SMARTS) is 1. The molecule has 0 radical (unpaired) electrons. The van der Waals surface area contributed by atoms with E-state index < -0.39 is 10.9 Å². The average Bonchev–Trinajstić information content (AvgIpc) is 2.38. The van der Waals surface area contributed by atoms with E-state index in [1.54, 1.807) is 11.8 Å². The van der Waals surface area contributed by atoms with Crippen LogP contribution in [0.4, 0.5) is 11.4 Å². The first-order valence-corrected chi connectivity index (χ1v) is 7.47.